The third-order valence-electron chi connectivity index (χ3n) is 5.86. The average molecular weight is 503 g/mol. The van der Waals surface area contributed by atoms with Crippen molar-refractivity contribution in [2.75, 3.05) is 72.0 Å². The molecule has 0 saturated carbocycles. The number of rotatable bonds is 12. The van der Waals surface area contributed by atoms with Gasteiger partial charge in [0, 0.05) is 65.3 Å². The lowest BCUT2D eigenvalue weighted by Gasteiger charge is -2.35. The number of carbonyl (C=O) groups is 4. The van der Waals surface area contributed by atoms with Crippen molar-refractivity contribution < 1.29 is 44.7 Å². The minimum absolute atomic E-state index is 0.00106. The lowest BCUT2D eigenvalue weighted by Crippen LogP contribution is -2.52. The molecule has 13 heteroatoms. The van der Waals surface area contributed by atoms with Crippen LogP contribution < -0.4 is 0 Å². The van der Waals surface area contributed by atoms with Crippen molar-refractivity contribution in [1.29, 1.82) is 0 Å². The third-order valence-corrected chi connectivity index (χ3v) is 5.86. The molecular weight excluding hydrogens is 464 g/mol. The largest absolute Gasteiger partial charge is 0.480 e. The second-order valence-corrected chi connectivity index (χ2v) is 8.75. The van der Waals surface area contributed by atoms with E-state index in [1.807, 2.05) is 0 Å². The normalized spacial score (nSPS) is 19.0. The van der Waals surface area contributed by atoms with Crippen molar-refractivity contribution in [1.82, 2.24) is 19.6 Å². The van der Waals surface area contributed by atoms with E-state index in [9.17, 15) is 44.7 Å². The fourth-order valence-corrected chi connectivity index (χ4v) is 3.92. The molecule has 0 amide bonds. The number of hydrogen-bond acceptors (Lipinski definition) is 10. The summed E-state index contributed by atoms with van der Waals surface area (Å²) in [4.78, 5) is 53.5. The van der Waals surface area contributed by atoms with Crippen molar-refractivity contribution in [3.05, 3.63) is 12.2 Å². The summed E-state index contributed by atoms with van der Waals surface area (Å²) in [6.45, 7) is 6.50. The highest BCUT2D eigenvalue weighted by atomic mass is 16.5. The van der Waals surface area contributed by atoms with E-state index in [0.717, 1.165) is 0 Å². The van der Waals surface area contributed by atoms with Crippen molar-refractivity contribution in [3.63, 3.8) is 0 Å². The van der Waals surface area contributed by atoms with Crippen LogP contribution in [0.4, 0.5) is 0 Å². The Labute approximate surface area is 204 Å². The van der Waals surface area contributed by atoms with Crippen LogP contribution in [0, 0.1) is 0 Å². The number of ketones is 1. The van der Waals surface area contributed by atoms with Crippen LogP contribution in [0.3, 0.4) is 0 Å². The molecule has 1 saturated heterocycles. The van der Waals surface area contributed by atoms with Crippen LogP contribution in [-0.2, 0) is 19.2 Å². The van der Waals surface area contributed by atoms with Crippen LogP contribution in [0.15, 0.2) is 12.2 Å². The first-order valence-electron chi connectivity index (χ1n) is 11.5. The molecule has 13 nitrogen and oxygen atoms in total. The van der Waals surface area contributed by atoms with Gasteiger partial charge < -0.3 is 25.5 Å². The van der Waals surface area contributed by atoms with Crippen LogP contribution in [0.2, 0.25) is 0 Å². The maximum Gasteiger partial charge on any atom is 0.320 e. The molecule has 0 aromatic carbocycles. The Morgan fingerprint density at radius 3 is 1.57 bits per heavy atom. The summed E-state index contributed by atoms with van der Waals surface area (Å²) in [6, 6.07) is -1.01. The molecule has 1 aliphatic rings. The van der Waals surface area contributed by atoms with Gasteiger partial charge in [-0.25, -0.2) is 0 Å². The number of hydrogen-bond donors (Lipinski definition) is 5. The Balaban J connectivity index is 3.13. The molecule has 1 heterocycles. The number of allylic oxidation sites excluding steroid dienone is 1. The van der Waals surface area contributed by atoms with Gasteiger partial charge in [0.25, 0.3) is 0 Å². The van der Waals surface area contributed by atoms with Crippen molar-refractivity contribution in [3.8, 4) is 0 Å². The molecule has 0 aromatic rings. The minimum Gasteiger partial charge on any atom is -0.480 e. The maximum atomic E-state index is 12.1. The first kappa shape index (κ1) is 30.6. The summed E-state index contributed by atoms with van der Waals surface area (Å²) in [6.07, 6.45) is -1.56. The highest BCUT2D eigenvalue weighted by Gasteiger charge is 2.28. The number of aliphatic hydroxyl groups excluding tert-OH is 1. The predicted octanol–water partition coefficient (Wildman–Crippen LogP) is -1.93. The summed E-state index contributed by atoms with van der Waals surface area (Å²) >= 11 is 0. The standard InChI is InChI=1S/C22H38N4O9/c1-16(2)18(27)4-3-17(22(34)35)26-11-9-24(14-20(30)31)7-5-23(13-19(28)29)6-8-25(10-12-26)15-21(32)33/h17,19,28-29H,1,3-15H2,2H3,(H,30,31)(H,32,33)(H,34,35)/t17-/m1/s1. The van der Waals surface area contributed by atoms with Gasteiger partial charge in [0.1, 0.15) is 6.04 Å². The molecule has 200 valence electrons. The highest BCUT2D eigenvalue weighted by Crippen LogP contribution is 2.12. The maximum absolute atomic E-state index is 12.1. The fourth-order valence-electron chi connectivity index (χ4n) is 3.92. The fraction of sp³-hybridized carbons (Fsp3) is 0.727. The van der Waals surface area contributed by atoms with Crippen LogP contribution in [0.5, 0.6) is 0 Å². The van der Waals surface area contributed by atoms with E-state index in [0.29, 0.717) is 18.7 Å². The molecule has 0 aromatic heterocycles. The van der Waals surface area contributed by atoms with Crippen LogP contribution in [0.1, 0.15) is 19.8 Å². The van der Waals surface area contributed by atoms with Gasteiger partial charge in [-0.1, -0.05) is 6.58 Å². The lowest BCUT2D eigenvalue weighted by molar-refractivity contribution is -0.145. The summed E-state index contributed by atoms with van der Waals surface area (Å²) in [5.74, 6) is -3.46. The number of Topliss-reactive ketones (excluding diaryl/α,β-unsaturated/α-hetero) is 1. The Bertz CT molecular complexity index is 714. The number of β-amino-alcohol motifs (C(OH)–C–C–N with tert-alkyl or cyclic N) is 2. The van der Waals surface area contributed by atoms with Crippen LogP contribution >= 0.6 is 0 Å². The summed E-state index contributed by atoms with van der Waals surface area (Å²) < 4.78 is 0. The zero-order valence-electron chi connectivity index (χ0n) is 20.2. The molecule has 0 bridgehead atoms. The van der Waals surface area contributed by atoms with Gasteiger partial charge >= 0.3 is 17.9 Å². The van der Waals surface area contributed by atoms with Crippen LogP contribution in [0.25, 0.3) is 0 Å². The Morgan fingerprint density at radius 2 is 1.20 bits per heavy atom. The van der Waals surface area contributed by atoms with E-state index in [1.54, 1.807) is 26.5 Å². The number of carboxylic acid groups (broad SMARTS) is 3. The SMILES string of the molecule is C=C(C)C(=O)CC[C@H](C(=O)O)N1CCN(CC(=O)O)CCN(CC(O)O)CCN(CC(=O)O)CC1. The smallest absolute Gasteiger partial charge is 0.320 e. The third kappa shape index (κ3) is 12.7. The molecule has 1 atom stereocenters. The van der Waals surface area contributed by atoms with Gasteiger partial charge in [0.15, 0.2) is 12.1 Å². The van der Waals surface area contributed by atoms with E-state index in [2.05, 4.69) is 6.58 Å². The number of aliphatic hydroxyl groups is 2. The van der Waals surface area contributed by atoms with E-state index in [1.165, 1.54) is 0 Å². The highest BCUT2D eigenvalue weighted by molar-refractivity contribution is 5.94. The van der Waals surface area contributed by atoms with Crippen molar-refractivity contribution in [2.24, 2.45) is 0 Å². The number of nitrogens with zero attached hydrogens (tertiary/aromatic N) is 4. The topological polar surface area (TPSA) is 182 Å². The second-order valence-electron chi connectivity index (χ2n) is 8.75. The molecule has 1 rings (SSSR count). The number of carbonyl (C=O) groups excluding carboxylic acids is 1. The molecule has 0 radical (unpaired) electrons. The Hall–Kier alpha value is -2.42. The minimum atomic E-state index is -1.60. The van der Waals surface area contributed by atoms with E-state index in [4.69, 9.17) is 0 Å². The molecule has 0 spiro atoms. The molecular formula is C22H38N4O9. The number of carboxylic acids is 3. The first-order valence-corrected chi connectivity index (χ1v) is 11.5. The Kier molecular flexibility index (Phi) is 13.6. The molecule has 1 aliphatic heterocycles. The van der Waals surface area contributed by atoms with Gasteiger partial charge in [-0.15, -0.1) is 0 Å². The van der Waals surface area contributed by atoms with Gasteiger partial charge in [-0.3, -0.25) is 38.8 Å². The van der Waals surface area contributed by atoms with E-state index in [-0.39, 0.29) is 77.5 Å². The lowest BCUT2D eigenvalue weighted by atomic mass is 10.0. The molecule has 0 aliphatic carbocycles. The zero-order valence-corrected chi connectivity index (χ0v) is 20.2. The molecule has 35 heavy (non-hydrogen) atoms. The van der Waals surface area contributed by atoms with Crippen molar-refractivity contribution in [2.45, 2.75) is 32.1 Å². The molecule has 0 unspecified atom stereocenters. The van der Waals surface area contributed by atoms with E-state index >= 15 is 0 Å². The Morgan fingerprint density at radius 1 is 0.771 bits per heavy atom. The van der Waals surface area contributed by atoms with Gasteiger partial charge in [-0.05, 0) is 18.9 Å². The first-order chi connectivity index (χ1) is 16.4. The van der Waals surface area contributed by atoms with Gasteiger partial charge in [-0.2, -0.15) is 0 Å². The molecule has 1 fully saturated rings. The predicted molar refractivity (Wildman–Crippen MR) is 125 cm³/mol. The average Bonchev–Trinajstić information content (AvgIpc) is 2.73. The molecule has 5 N–H and O–H groups in total. The van der Waals surface area contributed by atoms with Gasteiger partial charge in [0.05, 0.1) is 13.1 Å². The summed E-state index contributed by atoms with van der Waals surface area (Å²) in [5.41, 5.74) is 0.334. The zero-order chi connectivity index (χ0) is 26.5. The van der Waals surface area contributed by atoms with Crippen LogP contribution in [-0.4, -0.2) is 153 Å². The number of aliphatic carboxylic acids is 3. The monoisotopic (exact) mass is 502 g/mol. The second kappa shape index (κ2) is 15.5. The summed E-state index contributed by atoms with van der Waals surface area (Å²) in [5, 5.41) is 47.2. The van der Waals surface area contributed by atoms with Gasteiger partial charge in [0.2, 0.25) is 0 Å². The van der Waals surface area contributed by atoms with Crippen molar-refractivity contribution >= 4 is 23.7 Å². The van der Waals surface area contributed by atoms with E-state index < -0.39 is 30.2 Å². The summed E-state index contributed by atoms with van der Waals surface area (Å²) in [7, 11) is 0. The quantitative estimate of drug-likeness (QED) is 0.147.